The lowest BCUT2D eigenvalue weighted by molar-refractivity contribution is 0.0824. The highest BCUT2D eigenvalue weighted by Crippen LogP contribution is 2.14. The van der Waals surface area contributed by atoms with Crippen molar-refractivity contribution >= 4 is 17.0 Å². The van der Waals surface area contributed by atoms with Gasteiger partial charge in [-0.2, -0.15) is 0 Å². The highest BCUT2D eigenvalue weighted by molar-refractivity contribution is 5.77. The van der Waals surface area contributed by atoms with Crippen molar-refractivity contribution in [1.29, 1.82) is 0 Å². The Bertz CT molecular complexity index is 869. The van der Waals surface area contributed by atoms with Gasteiger partial charge >= 0.3 is 0 Å². The van der Waals surface area contributed by atoms with Crippen molar-refractivity contribution in [2.24, 2.45) is 0 Å². The van der Waals surface area contributed by atoms with Gasteiger partial charge in [0.05, 0.1) is 17.5 Å². The summed E-state index contributed by atoms with van der Waals surface area (Å²) in [6.07, 6.45) is 3.67. The molecule has 3 rings (SSSR count). The van der Waals surface area contributed by atoms with Gasteiger partial charge in [-0.1, -0.05) is 54.6 Å². The van der Waals surface area contributed by atoms with Crippen molar-refractivity contribution in [2.75, 3.05) is 6.61 Å². The molecule has 23 heavy (non-hydrogen) atoms. The van der Waals surface area contributed by atoms with Gasteiger partial charge in [-0.05, 0) is 24.6 Å². The Morgan fingerprint density at radius 3 is 2.70 bits per heavy atom. The van der Waals surface area contributed by atoms with Crippen molar-refractivity contribution in [2.45, 2.75) is 13.0 Å². The van der Waals surface area contributed by atoms with E-state index in [1.165, 1.54) is 0 Å². The first-order chi connectivity index (χ1) is 11.2. The maximum Gasteiger partial charge on any atom is 0.258 e. The number of hydrogen-bond donors (Lipinski definition) is 1. The number of ether oxygens (including phenoxy) is 1. The molecule has 1 heterocycles. The monoisotopic (exact) mass is 306 g/mol. The van der Waals surface area contributed by atoms with Crippen LogP contribution in [-0.4, -0.2) is 16.6 Å². The van der Waals surface area contributed by atoms with Crippen LogP contribution in [0.1, 0.15) is 24.4 Å². The molecule has 0 fully saturated rings. The van der Waals surface area contributed by atoms with E-state index in [1.54, 1.807) is 6.07 Å². The van der Waals surface area contributed by atoms with Gasteiger partial charge < -0.3 is 9.72 Å². The predicted octanol–water partition coefficient (Wildman–Crippen LogP) is 3.71. The minimum Gasteiger partial charge on any atom is -0.367 e. The zero-order valence-electron chi connectivity index (χ0n) is 12.9. The number of benzene rings is 2. The van der Waals surface area contributed by atoms with Crippen molar-refractivity contribution in [3.63, 3.8) is 0 Å². The second-order valence-corrected chi connectivity index (χ2v) is 5.26. The van der Waals surface area contributed by atoms with Crippen LogP contribution >= 0.6 is 0 Å². The topological polar surface area (TPSA) is 55.0 Å². The number of aromatic amines is 1. The molecule has 0 amide bonds. The number of hydrogen-bond acceptors (Lipinski definition) is 3. The van der Waals surface area contributed by atoms with Crippen LogP contribution in [0.15, 0.2) is 65.5 Å². The zero-order valence-corrected chi connectivity index (χ0v) is 12.9. The lowest BCUT2D eigenvalue weighted by Gasteiger charge is -2.11. The molecule has 0 bridgehead atoms. The Labute approximate surface area is 134 Å². The molecule has 0 unspecified atom stereocenters. The van der Waals surface area contributed by atoms with Crippen molar-refractivity contribution in [3.8, 4) is 0 Å². The van der Waals surface area contributed by atoms with Gasteiger partial charge in [0, 0.05) is 0 Å². The number of nitrogens with one attached hydrogen (secondary N) is 1. The molecule has 0 aliphatic carbocycles. The van der Waals surface area contributed by atoms with E-state index in [-0.39, 0.29) is 11.7 Å². The summed E-state index contributed by atoms with van der Waals surface area (Å²) < 4.78 is 5.73. The van der Waals surface area contributed by atoms with Gasteiger partial charge in [0.15, 0.2) is 0 Å². The zero-order chi connectivity index (χ0) is 16.1. The van der Waals surface area contributed by atoms with Crippen LogP contribution in [-0.2, 0) is 4.74 Å². The van der Waals surface area contributed by atoms with E-state index in [9.17, 15) is 4.79 Å². The van der Waals surface area contributed by atoms with E-state index >= 15 is 0 Å². The van der Waals surface area contributed by atoms with Gasteiger partial charge in [-0.3, -0.25) is 4.79 Å². The molecule has 4 nitrogen and oxygen atoms in total. The standard InChI is InChI=1S/C19H18N2O2/c1-14(23-13-7-10-15-8-3-2-4-9-15)18-20-17-12-6-5-11-16(17)19(22)21-18/h2-12,14H,13H2,1H3,(H,20,21,22)/b10-7+/t14-/m0/s1. The largest absolute Gasteiger partial charge is 0.367 e. The van der Waals surface area contributed by atoms with Crippen molar-refractivity contribution in [1.82, 2.24) is 9.97 Å². The minimum atomic E-state index is -0.285. The van der Waals surface area contributed by atoms with Gasteiger partial charge in [-0.25, -0.2) is 4.98 Å². The Morgan fingerprint density at radius 1 is 1.13 bits per heavy atom. The van der Waals surface area contributed by atoms with Crippen LogP contribution in [0.5, 0.6) is 0 Å². The fourth-order valence-electron chi connectivity index (χ4n) is 2.32. The average Bonchev–Trinajstić information content (AvgIpc) is 2.59. The van der Waals surface area contributed by atoms with Gasteiger partial charge in [0.25, 0.3) is 5.56 Å². The van der Waals surface area contributed by atoms with Gasteiger partial charge in [-0.15, -0.1) is 0 Å². The Balaban J connectivity index is 1.68. The van der Waals surface area contributed by atoms with Crippen LogP contribution in [0.2, 0.25) is 0 Å². The summed E-state index contributed by atoms with van der Waals surface area (Å²) in [5.41, 5.74) is 1.67. The molecule has 1 atom stereocenters. The van der Waals surface area contributed by atoms with Gasteiger partial charge in [0.1, 0.15) is 11.9 Å². The molecule has 2 aromatic carbocycles. The summed E-state index contributed by atoms with van der Waals surface area (Å²) in [5.74, 6) is 0.543. The first-order valence-corrected chi connectivity index (χ1v) is 7.56. The second kappa shape index (κ2) is 7.03. The average molecular weight is 306 g/mol. The molecule has 0 radical (unpaired) electrons. The SMILES string of the molecule is C[C@H](OC/C=C/c1ccccc1)c1nc2ccccc2c(=O)[nH]1. The molecule has 0 spiro atoms. The van der Waals surface area contributed by atoms with Crippen LogP contribution in [0.3, 0.4) is 0 Å². The fourth-order valence-corrected chi connectivity index (χ4v) is 2.32. The summed E-state index contributed by atoms with van der Waals surface area (Å²) >= 11 is 0. The summed E-state index contributed by atoms with van der Waals surface area (Å²) in [6, 6.07) is 17.3. The van der Waals surface area contributed by atoms with E-state index < -0.39 is 0 Å². The molecule has 3 aromatic rings. The molecule has 1 aromatic heterocycles. The normalized spacial score (nSPS) is 12.7. The molecule has 0 saturated heterocycles. The molecule has 0 aliphatic rings. The molecule has 1 N–H and O–H groups in total. The number of H-pyrrole nitrogens is 1. The molecular weight excluding hydrogens is 288 g/mol. The fraction of sp³-hybridized carbons (Fsp3) is 0.158. The van der Waals surface area contributed by atoms with Crippen LogP contribution < -0.4 is 5.56 Å². The maximum atomic E-state index is 12.1. The van der Waals surface area contributed by atoms with Crippen LogP contribution in [0.4, 0.5) is 0 Å². The number of fused-ring (bicyclic) bond motifs is 1. The third-order valence-corrected chi connectivity index (χ3v) is 3.57. The third kappa shape index (κ3) is 3.73. The Hall–Kier alpha value is -2.72. The first kappa shape index (κ1) is 15.2. The van der Waals surface area contributed by atoms with Crippen molar-refractivity contribution < 1.29 is 4.74 Å². The molecular formula is C19H18N2O2. The number of para-hydroxylation sites is 1. The number of aromatic nitrogens is 2. The maximum absolute atomic E-state index is 12.1. The molecule has 0 aliphatic heterocycles. The lowest BCUT2D eigenvalue weighted by atomic mass is 10.2. The van der Waals surface area contributed by atoms with E-state index in [0.717, 1.165) is 5.56 Å². The second-order valence-electron chi connectivity index (χ2n) is 5.26. The quantitative estimate of drug-likeness (QED) is 0.781. The summed E-state index contributed by atoms with van der Waals surface area (Å²) in [5, 5.41) is 0.590. The number of nitrogens with zero attached hydrogens (tertiary/aromatic N) is 1. The lowest BCUT2D eigenvalue weighted by Crippen LogP contribution is -2.15. The summed E-state index contributed by atoms with van der Waals surface area (Å²) in [4.78, 5) is 19.3. The van der Waals surface area contributed by atoms with Crippen LogP contribution in [0, 0.1) is 0 Å². The van der Waals surface area contributed by atoms with E-state index in [0.29, 0.717) is 23.3 Å². The number of rotatable bonds is 5. The summed E-state index contributed by atoms with van der Waals surface area (Å²) in [7, 11) is 0. The van der Waals surface area contributed by atoms with E-state index in [1.807, 2.05) is 67.6 Å². The third-order valence-electron chi connectivity index (χ3n) is 3.57. The summed E-state index contributed by atoms with van der Waals surface area (Å²) in [6.45, 7) is 2.33. The van der Waals surface area contributed by atoms with E-state index in [2.05, 4.69) is 9.97 Å². The Kier molecular flexibility index (Phi) is 4.64. The smallest absolute Gasteiger partial charge is 0.258 e. The van der Waals surface area contributed by atoms with Crippen molar-refractivity contribution in [3.05, 3.63) is 82.4 Å². The van der Waals surface area contributed by atoms with E-state index in [4.69, 9.17) is 4.74 Å². The molecule has 116 valence electrons. The first-order valence-electron chi connectivity index (χ1n) is 7.56. The predicted molar refractivity (Wildman–Crippen MR) is 92.2 cm³/mol. The highest BCUT2D eigenvalue weighted by atomic mass is 16.5. The molecule has 0 saturated carbocycles. The minimum absolute atomic E-state index is 0.138. The highest BCUT2D eigenvalue weighted by Gasteiger charge is 2.10. The van der Waals surface area contributed by atoms with Gasteiger partial charge in [0.2, 0.25) is 0 Å². The Morgan fingerprint density at radius 2 is 1.87 bits per heavy atom. The molecule has 4 heteroatoms. The van der Waals surface area contributed by atoms with Crippen LogP contribution in [0.25, 0.3) is 17.0 Å².